The number of aromatic hydroxyl groups is 1. The monoisotopic (exact) mass is 660 g/mol. The largest absolute Gasteiger partial charge is 0.508 e. The molecule has 9 aromatic rings. The zero-order valence-corrected chi connectivity index (χ0v) is 28.3. The second-order valence-corrected chi connectivity index (χ2v) is 13.5. The number of hydrogen-bond donors (Lipinski definition) is 2. The molecule has 0 bridgehead atoms. The minimum absolute atomic E-state index is 0.162. The Morgan fingerprint density at radius 2 is 1.12 bits per heavy atom. The minimum Gasteiger partial charge on any atom is -0.508 e. The average molecular weight is 661 g/mol. The number of nitrogens with two attached hydrogens (primary N) is 1. The Kier molecular flexibility index (Phi) is 7.62. The molecule has 4 nitrogen and oxygen atoms in total. The van der Waals surface area contributed by atoms with Crippen LogP contribution in [0.4, 0.5) is 17.1 Å². The van der Waals surface area contributed by atoms with Gasteiger partial charge in [0.1, 0.15) is 11.9 Å². The zero-order chi connectivity index (χ0) is 34.5. The molecule has 0 aromatic heterocycles. The van der Waals surface area contributed by atoms with E-state index >= 15 is 0 Å². The predicted molar refractivity (Wildman–Crippen MR) is 212 cm³/mol. The molecular formula is C47H36N2O2. The smallest absolute Gasteiger partial charge is 0.132 e. The maximum Gasteiger partial charge on any atom is 0.132 e. The van der Waals surface area contributed by atoms with Crippen LogP contribution in [-0.2, 0) is 11.3 Å². The van der Waals surface area contributed by atoms with Crippen molar-refractivity contribution in [1.82, 2.24) is 0 Å². The first-order valence-electron chi connectivity index (χ1n) is 17.3. The molecule has 246 valence electrons. The van der Waals surface area contributed by atoms with E-state index in [1.807, 2.05) is 42.5 Å². The van der Waals surface area contributed by atoms with Gasteiger partial charge >= 0.3 is 0 Å². The number of rotatable bonds is 8. The van der Waals surface area contributed by atoms with Gasteiger partial charge in [0, 0.05) is 22.3 Å². The Morgan fingerprint density at radius 1 is 0.569 bits per heavy atom. The van der Waals surface area contributed by atoms with Gasteiger partial charge in [-0.1, -0.05) is 127 Å². The molecule has 1 atom stereocenters. The van der Waals surface area contributed by atoms with Crippen LogP contribution >= 0.6 is 0 Å². The standard InChI is InChI=1S/C47H36N2O2/c1-30-9-21-39(22-10-30)49(43-26-20-35-18-17-33-7-4-8-34-19-25-41(43)46(35)45(33)34)40-23-13-32(14-24-40)27-31-11-15-36(16-12-31)47(51-48)42-28-37-5-2-3-6-38(37)29-44(42)50/h2-26,28-29,47,50H,27,48H2,1H3. The molecule has 0 radical (unpaired) electrons. The van der Waals surface area contributed by atoms with Gasteiger partial charge in [0.2, 0.25) is 0 Å². The summed E-state index contributed by atoms with van der Waals surface area (Å²) in [4.78, 5) is 7.79. The molecule has 51 heavy (non-hydrogen) atoms. The lowest BCUT2D eigenvalue weighted by atomic mass is 9.93. The summed E-state index contributed by atoms with van der Waals surface area (Å²) < 4.78 is 0. The van der Waals surface area contributed by atoms with Gasteiger partial charge in [-0.2, -0.15) is 0 Å². The van der Waals surface area contributed by atoms with Crippen LogP contribution in [-0.4, -0.2) is 5.11 Å². The molecule has 0 aliphatic rings. The van der Waals surface area contributed by atoms with E-state index in [2.05, 4.69) is 127 Å². The Bertz CT molecular complexity index is 2650. The first-order valence-corrected chi connectivity index (χ1v) is 17.3. The number of anilines is 3. The number of phenols is 1. The molecule has 3 N–H and O–H groups in total. The molecule has 9 rings (SSSR count). The van der Waals surface area contributed by atoms with Crippen molar-refractivity contribution in [1.29, 1.82) is 0 Å². The van der Waals surface area contributed by atoms with Gasteiger partial charge < -0.3 is 10.0 Å². The zero-order valence-electron chi connectivity index (χ0n) is 28.3. The van der Waals surface area contributed by atoms with Crippen LogP contribution in [0.15, 0.2) is 164 Å². The molecule has 1 unspecified atom stereocenters. The van der Waals surface area contributed by atoms with Crippen molar-refractivity contribution >= 4 is 60.2 Å². The SMILES string of the molecule is Cc1ccc(N(c2ccc(Cc3ccc(C(ON)c4cc5ccccc5cc4O)cc3)cc2)c2ccc3ccc4cccc5ccc2c3c45)cc1. The van der Waals surface area contributed by atoms with Crippen molar-refractivity contribution in [3.8, 4) is 5.75 Å². The topological polar surface area (TPSA) is 58.7 Å². The van der Waals surface area contributed by atoms with E-state index in [0.717, 1.165) is 39.8 Å². The number of hydrogen-bond acceptors (Lipinski definition) is 4. The maximum atomic E-state index is 10.8. The number of aryl methyl sites for hydroxylation is 1. The van der Waals surface area contributed by atoms with E-state index in [1.165, 1.54) is 49.0 Å². The van der Waals surface area contributed by atoms with Gasteiger partial charge in [-0.05, 0) is 110 Å². The molecule has 0 spiro atoms. The highest BCUT2D eigenvalue weighted by Crippen LogP contribution is 2.44. The van der Waals surface area contributed by atoms with Gasteiger partial charge in [0.15, 0.2) is 0 Å². The fraction of sp³-hybridized carbons (Fsp3) is 0.0638. The van der Waals surface area contributed by atoms with Gasteiger partial charge in [0.05, 0.1) is 5.69 Å². The molecule has 0 heterocycles. The number of benzene rings is 9. The van der Waals surface area contributed by atoms with E-state index in [9.17, 15) is 5.11 Å². The second kappa shape index (κ2) is 12.6. The van der Waals surface area contributed by atoms with Crippen LogP contribution in [0.1, 0.15) is 33.9 Å². The lowest BCUT2D eigenvalue weighted by Gasteiger charge is -2.28. The van der Waals surface area contributed by atoms with E-state index < -0.39 is 6.10 Å². The van der Waals surface area contributed by atoms with Crippen LogP contribution in [0.25, 0.3) is 43.1 Å². The Morgan fingerprint density at radius 3 is 1.78 bits per heavy atom. The van der Waals surface area contributed by atoms with Crippen LogP contribution < -0.4 is 10.8 Å². The average Bonchev–Trinajstić information content (AvgIpc) is 3.17. The normalized spacial score (nSPS) is 12.3. The fourth-order valence-electron chi connectivity index (χ4n) is 7.63. The third-order valence-corrected chi connectivity index (χ3v) is 10.2. The summed E-state index contributed by atoms with van der Waals surface area (Å²) in [6.07, 6.45) is 0.189. The second-order valence-electron chi connectivity index (χ2n) is 13.5. The Hall–Kier alpha value is -6.20. The first kappa shape index (κ1) is 30.8. The summed E-state index contributed by atoms with van der Waals surface area (Å²) in [6, 6.07) is 57.6. The summed E-state index contributed by atoms with van der Waals surface area (Å²) >= 11 is 0. The van der Waals surface area contributed by atoms with E-state index in [4.69, 9.17) is 10.7 Å². The summed E-state index contributed by atoms with van der Waals surface area (Å²) in [6.45, 7) is 2.13. The molecule has 9 aromatic carbocycles. The van der Waals surface area contributed by atoms with E-state index in [-0.39, 0.29) is 5.75 Å². The maximum absolute atomic E-state index is 10.8. The molecule has 0 aliphatic heterocycles. The van der Waals surface area contributed by atoms with Crippen LogP contribution in [0, 0.1) is 6.92 Å². The van der Waals surface area contributed by atoms with E-state index in [0.29, 0.717) is 5.56 Å². The number of fused-ring (bicyclic) bond motifs is 1. The van der Waals surface area contributed by atoms with Crippen molar-refractivity contribution in [2.75, 3.05) is 4.90 Å². The minimum atomic E-state index is -0.588. The predicted octanol–water partition coefficient (Wildman–Crippen LogP) is 11.8. The van der Waals surface area contributed by atoms with Crippen LogP contribution in [0.2, 0.25) is 0 Å². The third kappa shape index (κ3) is 5.51. The quantitative estimate of drug-likeness (QED) is 0.126. The van der Waals surface area contributed by atoms with Crippen molar-refractivity contribution in [2.24, 2.45) is 5.90 Å². The molecule has 0 saturated carbocycles. The van der Waals surface area contributed by atoms with Crippen molar-refractivity contribution < 1.29 is 9.94 Å². The summed E-state index contributed by atoms with van der Waals surface area (Å²) in [7, 11) is 0. The summed E-state index contributed by atoms with van der Waals surface area (Å²) in [5, 5.41) is 20.4. The van der Waals surface area contributed by atoms with Crippen molar-refractivity contribution in [2.45, 2.75) is 19.4 Å². The Labute approximate surface area is 296 Å². The van der Waals surface area contributed by atoms with Crippen molar-refractivity contribution in [3.63, 3.8) is 0 Å². The first-order chi connectivity index (χ1) is 25.0. The van der Waals surface area contributed by atoms with Crippen LogP contribution in [0.5, 0.6) is 5.75 Å². The van der Waals surface area contributed by atoms with Crippen LogP contribution in [0.3, 0.4) is 0 Å². The summed E-state index contributed by atoms with van der Waals surface area (Å²) in [5.41, 5.74) is 8.51. The molecule has 0 aliphatic carbocycles. The fourth-order valence-corrected chi connectivity index (χ4v) is 7.63. The molecular weight excluding hydrogens is 625 g/mol. The van der Waals surface area contributed by atoms with E-state index in [1.54, 1.807) is 6.07 Å². The molecule has 0 amide bonds. The Balaban J connectivity index is 1.03. The van der Waals surface area contributed by atoms with Gasteiger partial charge in [-0.3, -0.25) is 4.84 Å². The van der Waals surface area contributed by atoms with Gasteiger partial charge in [-0.25, -0.2) is 5.90 Å². The van der Waals surface area contributed by atoms with Gasteiger partial charge in [0.25, 0.3) is 0 Å². The highest BCUT2D eigenvalue weighted by Gasteiger charge is 2.20. The highest BCUT2D eigenvalue weighted by molar-refractivity contribution is 6.25. The number of nitrogens with zero attached hydrogens (tertiary/aromatic N) is 1. The molecule has 4 heteroatoms. The highest BCUT2D eigenvalue weighted by atomic mass is 16.6. The molecule has 0 saturated heterocycles. The molecule has 0 fully saturated rings. The number of phenolic OH excluding ortho intramolecular Hbond substituents is 1. The lowest BCUT2D eigenvalue weighted by molar-refractivity contribution is 0.0797. The van der Waals surface area contributed by atoms with Gasteiger partial charge in [-0.15, -0.1) is 0 Å². The lowest BCUT2D eigenvalue weighted by Crippen LogP contribution is -2.11. The third-order valence-electron chi connectivity index (χ3n) is 10.2. The van der Waals surface area contributed by atoms with Crippen molar-refractivity contribution in [3.05, 3.63) is 192 Å². The summed E-state index contributed by atoms with van der Waals surface area (Å²) in [5.74, 6) is 5.96.